The normalized spacial score (nSPS) is 11.4. The van der Waals surface area contributed by atoms with Crippen LogP contribution in [0.25, 0.3) is 16.8 Å². The molecule has 0 N–H and O–H groups in total. The molecule has 0 fully saturated rings. The van der Waals surface area contributed by atoms with Crippen molar-refractivity contribution in [3.05, 3.63) is 41.6 Å². The molecule has 0 atom stereocenters. The fourth-order valence-corrected chi connectivity index (χ4v) is 3.82. The van der Waals surface area contributed by atoms with Crippen LogP contribution in [0.15, 0.2) is 30.7 Å². The summed E-state index contributed by atoms with van der Waals surface area (Å²) in [7, 11) is 1.83. The summed E-state index contributed by atoms with van der Waals surface area (Å²) in [5.41, 5.74) is 2.95. The first-order valence-corrected chi connectivity index (χ1v) is 8.95. The number of hydrogen-bond donors (Lipinski definition) is 0. The minimum Gasteiger partial charge on any atom is -0.275 e. The molecular formula is C14H11ClFN7S2. The van der Waals surface area contributed by atoms with Gasteiger partial charge >= 0.3 is 0 Å². The fourth-order valence-electron chi connectivity index (χ4n) is 2.46. The van der Waals surface area contributed by atoms with Gasteiger partial charge in [-0.2, -0.15) is 19.1 Å². The van der Waals surface area contributed by atoms with Crippen molar-refractivity contribution >= 4 is 51.9 Å². The van der Waals surface area contributed by atoms with Crippen molar-refractivity contribution < 1.29 is 3.89 Å². The van der Waals surface area contributed by atoms with Crippen LogP contribution >= 0.6 is 35.5 Å². The molecule has 0 aromatic carbocycles. The van der Waals surface area contributed by atoms with E-state index in [0.29, 0.717) is 16.5 Å². The molecule has 0 radical (unpaired) electrons. The van der Waals surface area contributed by atoms with Crippen molar-refractivity contribution in [3.8, 4) is 11.1 Å². The molecule has 0 saturated heterocycles. The highest BCUT2D eigenvalue weighted by atomic mass is 35.5. The van der Waals surface area contributed by atoms with Crippen LogP contribution in [0, 0.1) is 6.92 Å². The zero-order valence-corrected chi connectivity index (χ0v) is 15.5. The number of nitrogens with zero attached hydrogens (tertiary/aromatic N) is 7. The molecule has 4 aromatic heterocycles. The molecule has 0 spiro atoms. The average molecular weight is 396 g/mol. The zero-order chi connectivity index (χ0) is 17.6. The van der Waals surface area contributed by atoms with Crippen molar-refractivity contribution in [2.24, 2.45) is 7.05 Å². The molecule has 0 unspecified atom stereocenters. The lowest BCUT2D eigenvalue weighted by Crippen LogP contribution is -2.09. The Morgan fingerprint density at radius 2 is 2.12 bits per heavy atom. The van der Waals surface area contributed by atoms with Gasteiger partial charge in [-0.1, -0.05) is 11.6 Å². The maximum absolute atomic E-state index is 13.7. The predicted octanol–water partition coefficient (Wildman–Crippen LogP) is 4.22. The second kappa shape index (κ2) is 6.28. The molecule has 0 bridgehead atoms. The van der Waals surface area contributed by atoms with E-state index in [1.54, 1.807) is 33.7 Å². The van der Waals surface area contributed by atoms with Crippen LogP contribution in [0.4, 0.5) is 14.7 Å². The Hall–Kier alpha value is -2.17. The minimum atomic E-state index is 0.0622. The quantitative estimate of drug-likeness (QED) is 0.381. The van der Waals surface area contributed by atoms with Gasteiger partial charge in [-0.15, -0.1) is 3.89 Å². The largest absolute Gasteiger partial charge is 0.275 e. The first kappa shape index (κ1) is 16.3. The molecule has 0 aliphatic rings. The van der Waals surface area contributed by atoms with Gasteiger partial charge in [0.15, 0.2) is 23.8 Å². The van der Waals surface area contributed by atoms with E-state index < -0.39 is 0 Å². The zero-order valence-electron chi connectivity index (χ0n) is 13.1. The Morgan fingerprint density at radius 1 is 1.28 bits per heavy atom. The van der Waals surface area contributed by atoms with E-state index in [-0.39, 0.29) is 17.5 Å². The second-order valence-corrected chi connectivity index (χ2v) is 6.98. The van der Waals surface area contributed by atoms with Crippen LogP contribution in [0.1, 0.15) is 5.69 Å². The van der Waals surface area contributed by atoms with Crippen LogP contribution in [-0.4, -0.2) is 28.8 Å². The fraction of sp³-hybridized carbons (Fsp3) is 0.143. The SMILES string of the molecule is Cc1cc(N(SF)c2cc(Cl)nc3c(-c4cnn(C)c4)cnn23)sn1. The van der Waals surface area contributed by atoms with Crippen LogP contribution in [0.3, 0.4) is 0 Å². The molecule has 11 heteroatoms. The van der Waals surface area contributed by atoms with Gasteiger partial charge in [0, 0.05) is 30.4 Å². The third-order valence-corrected chi connectivity index (χ3v) is 5.23. The molecule has 0 aliphatic heterocycles. The summed E-state index contributed by atoms with van der Waals surface area (Å²) in [6, 6.07) is 3.36. The maximum Gasteiger partial charge on any atom is 0.172 e. The molecule has 4 heterocycles. The summed E-state index contributed by atoms with van der Waals surface area (Å²) < 4.78 is 22.6. The summed E-state index contributed by atoms with van der Waals surface area (Å²) in [4.78, 5) is 4.36. The van der Waals surface area contributed by atoms with Gasteiger partial charge < -0.3 is 0 Å². The van der Waals surface area contributed by atoms with Crippen molar-refractivity contribution in [1.82, 2.24) is 28.8 Å². The maximum atomic E-state index is 13.7. The molecule has 0 aliphatic carbocycles. The van der Waals surface area contributed by atoms with E-state index in [4.69, 9.17) is 11.6 Å². The average Bonchev–Trinajstić information content (AvgIpc) is 3.28. The third kappa shape index (κ3) is 2.86. The number of aryl methyl sites for hydroxylation is 2. The first-order chi connectivity index (χ1) is 12.1. The Balaban J connectivity index is 1.91. The number of fused-ring (bicyclic) bond motifs is 1. The van der Waals surface area contributed by atoms with Crippen molar-refractivity contribution in [2.45, 2.75) is 6.92 Å². The third-order valence-electron chi connectivity index (χ3n) is 3.53. The summed E-state index contributed by atoms with van der Waals surface area (Å²) >= 11 is 7.45. The summed E-state index contributed by atoms with van der Waals surface area (Å²) in [6.45, 7) is 1.85. The lowest BCUT2D eigenvalue weighted by atomic mass is 10.2. The molecular weight excluding hydrogens is 385 g/mol. The molecule has 25 heavy (non-hydrogen) atoms. The number of anilines is 2. The van der Waals surface area contributed by atoms with Gasteiger partial charge in [-0.3, -0.25) is 4.68 Å². The van der Waals surface area contributed by atoms with Crippen molar-refractivity contribution in [1.29, 1.82) is 0 Å². The Kier molecular flexibility index (Phi) is 4.10. The van der Waals surface area contributed by atoms with Crippen LogP contribution < -0.4 is 4.31 Å². The number of hydrogen-bond acceptors (Lipinski definition) is 7. The molecule has 128 valence electrons. The summed E-state index contributed by atoms with van der Waals surface area (Å²) in [5, 5.41) is 9.41. The van der Waals surface area contributed by atoms with Gasteiger partial charge in [0.2, 0.25) is 0 Å². The molecule has 4 rings (SSSR count). The topological polar surface area (TPSA) is 64.1 Å². The van der Waals surface area contributed by atoms with E-state index >= 15 is 0 Å². The standard InChI is InChI=1S/C14H11ClFN7S2/c1-8-3-13(24-20-8)23(25-16)12-4-11(15)19-14-10(6-18-22(12)14)9-5-17-21(2)7-9/h3-7H,1-2H3. The van der Waals surface area contributed by atoms with Gasteiger partial charge in [-0.05, 0) is 24.5 Å². The van der Waals surface area contributed by atoms with Gasteiger partial charge in [0.05, 0.1) is 18.1 Å². The summed E-state index contributed by atoms with van der Waals surface area (Å²) in [6.07, 6.45) is 5.24. The van der Waals surface area contributed by atoms with E-state index in [9.17, 15) is 3.89 Å². The first-order valence-electron chi connectivity index (χ1n) is 7.12. The van der Waals surface area contributed by atoms with Gasteiger partial charge in [0.1, 0.15) is 10.2 Å². The molecule has 0 saturated carbocycles. The number of aromatic nitrogens is 6. The number of rotatable bonds is 4. The van der Waals surface area contributed by atoms with E-state index in [1.807, 2.05) is 20.2 Å². The van der Waals surface area contributed by atoms with E-state index in [0.717, 1.165) is 16.8 Å². The molecule has 7 nitrogen and oxygen atoms in total. The Morgan fingerprint density at radius 3 is 2.76 bits per heavy atom. The number of halogens is 2. The van der Waals surface area contributed by atoms with Crippen LogP contribution in [0.5, 0.6) is 0 Å². The lowest BCUT2D eigenvalue weighted by Gasteiger charge is -2.17. The highest BCUT2D eigenvalue weighted by Crippen LogP contribution is 2.38. The van der Waals surface area contributed by atoms with Gasteiger partial charge in [0.25, 0.3) is 0 Å². The monoisotopic (exact) mass is 395 g/mol. The minimum absolute atomic E-state index is 0.0622. The Labute approximate surface area is 155 Å². The van der Waals surface area contributed by atoms with E-state index in [2.05, 4.69) is 19.6 Å². The lowest BCUT2D eigenvalue weighted by molar-refractivity contribution is 0.768. The van der Waals surface area contributed by atoms with Gasteiger partial charge in [-0.25, -0.2) is 9.29 Å². The highest BCUT2D eigenvalue weighted by molar-refractivity contribution is 7.96. The van der Waals surface area contributed by atoms with Crippen LogP contribution in [0.2, 0.25) is 5.15 Å². The van der Waals surface area contributed by atoms with Crippen molar-refractivity contribution in [3.63, 3.8) is 0 Å². The van der Waals surface area contributed by atoms with E-state index in [1.165, 1.54) is 15.8 Å². The Bertz CT molecular complexity index is 1060. The second-order valence-electron chi connectivity index (χ2n) is 5.30. The van der Waals surface area contributed by atoms with Crippen LogP contribution in [-0.2, 0) is 7.05 Å². The molecule has 4 aromatic rings. The van der Waals surface area contributed by atoms with Crippen molar-refractivity contribution in [2.75, 3.05) is 4.31 Å². The summed E-state index contributed by atoms with van der Waals surface area (Å²) in [5.74, 6) is 0.446. The predicted molar refractivity (Wildman–Crippen MR) is 97.9 cm³/mol. The molecule has 0 amide bonds. The highest BCUT2D eigenvalue weighted by Gasteiger charge is 2.21. The smallest absolute Gasteiger partial charge is 0.172 e.